The molecule has 20 heavy (non-hydrogen) atoms. The van der Waals surface area contributed by atoms with E-state index in [1.54, 1.807) is 6.07 Å². The van der Waals surface area contributed by atoms with E-state index in [0.717, 1.165) is 6.92 Å². The summed E-state index contributed by atoms with van der Waals surface area (Å²) in [5.74, 6) is -5.87. The predicted molar refractivity (Wildman–Crippen MR) is 70.1 cm³/mol. The van der Waals surface area contributed by atoms with Crippen molar-refractivity contribution in [3.05, 3.63) is 36.3 Å². The molecule has 1 aromatic carbocycles. The second-order valence-corrected chi connectivity index (χ2v) is 4.70. The van der Waals surface area contributed by atoms with Crippen LogP contribution < -0.4 is 5.32 Å². The van der Waals surface area contributed by atoms with Gasteiger partial charge in [-0.3, -0.25) is 9.78 Å². The van der Waals surface area contributed by atoms with E-state index < -0.39 is 23.6 Å². The van der Waals surface area contributed by atoms with Crippen LogP contribution in [0.1, 0.15) is 13.8 Å². The topological polar surface area (TPSA) is 42.0 Å². The van der Waals surface area contributed by atoms with Gasteiger partial charge < -0.3 is 5.32 Å². The number of rotatable bonds is 3. The van der Waals surface area contributed by atoms with E-state index in [-0.39, 0.29) is 11.2 Å². The maximum atomic E-state index is 13.4. The van der Waals surface area contributed by atoms with Gasteiger partial charge in [-0.15, -0.1) is 0 Å². The third-order valence-electron chi connectivity index (χ3n) is 3.08. The Labute approximate surface area is 113 Å². The van der Waals surface area contributed by atoms with Gasteiger partial charge in [-0.05, 0) is 19.1 Å². The second kappa shape index (κ2) is 5.11. The number of alkyl halides is 2. The van der Waals surface area contributed by atoms with E-state index in [1.165, 1.54) is 24.4 Å². The van der Waals surface area contributed by atoms with Crippen molar-refractivity contribution in [2.45, 2.75) is 19.8 Å². The van der Waals surface area contributed by atoms with Crippen LogP contribution in [0.4, 0.5) is 18.9 Å². The van der Waals surface area contributed by atoms with Gasteiger partial charge in [0.2, 0.25) is 5.91 Å². The highest BCUT2D eigenvalue weighted by Crippen LogP contribution is 2.25. The number of para-hydroxylation sites is 1. The number of nitrogens with zero attached hydrogens (tertiary/aromatic N) is 1. The number of amides is 1. The predicted octanol–water partition coefficient (Wildman–Crippen LogP) is 3.60. The number of carbonyl (C=O) groups excluding carboxylic acids is 1. The molecule has 0 saturated heterocycles. The average molecular weight is 282 g/mol. The first-order valence-corrected chi connectivity index (χ1v) is 6.02. The Balaban J connectivity index is 2.25. The molecule has 1 amide bonds. The number of hydrogen-bond acceptors (Lipinski definition) is 2. The number of fused-ring (bicyclic) bond motifs is 1. The molecule has 1 aromatic heterocycles. The first-order chi connectivity index (χ1) is 9.29. The molecule has 2 rings (SSSR count). The highest BCUT2D eigenvalue weighted by Gasteiger charge is 2.35. The van der Waals surface area contributed by atoms with Gasteiger partial charge in [0.15, 0.2) is 0 Å². The van der Waals surface area contributed by atoms with Crippen molar-refractivity contribution < 1.29 is 18.0 Å². The van der Waals surface area contributed by atoms with Crippen LogP contribution >= 0.6 is 0 Å². The second-order valence-electron chi connectivity index (χ2n) is 4.70. The van der Waals surface area contributed by atoms with E-state index >= 15 is 0 Å². The number of halogens is 3. The molecule has 0 radical (unpaired) electrons. The minimum Gasteiger partial charge on any atom is -0.324 e. The number of aromatic nitrogens is 1. The fourth-order valence-electron chi connectivity index (χ4n) is 1.67. The lowest BCUT2D eigenvalue weighted by atomic mass is 10.0. The molecule has 3 nitrogen and oxygen atoms in total. The SMILES string of the molecule is CC(C(=O)Nc1cnc2c(F)cccc2c1)C(C)(F)F. The number of hydrogen-bond donors (Lipinski definition) is 1. The summed E-state index contributed by atoms with van der Waals surface area (Å²) in [4.78, 5) is 15.5. The van der Waals surface area contributed by atoms with E-state index in [4.69, 9.17) is 0 Å². The van der Waals surface area contributed by atoms with Crippen LogP contribution in [0, 0.1) is 11.7 Å². The normalized spacial score (nSPS) is 13.2. The van der Waals surface area contributed by atoms with Crippen molar-refractivity contribution >= 4 is 22.5 Å². The smallest absolute Gasteiger partial charge is 0.256 e. The number of pyridine rings is 1. The Morgan fingerprint density at radius 3 is 2.75 bits per heavy atom. The van der Waals surface area contributed by atoms with Gasteiger partial charge in [0.25, 0.3) is 5.92 Å². The van der Waals surface area contributed by atoms with Gasteiger partial charge in [-0.1, -0.05) is 12.1 Å². The van der Waals surface area contributed by atoms with Gasteiger partial charge >= 0.3 is 0 Å². The average Bonchev–Trinajstić information content (AvgIpc) is 2.37. The van der Waals surface area contributed by atoms with Crippen molar-refractivity contribution in [1.82, 2.24) is 4.98 Å². The Kier molecular flexibility index (Phi) is 3.65. The van der Waals surface area contributed by atoms with Crippen molar-refractivity contribution in [2.75, 3.05) is 5.32 Å². The van der Waals surface area contributed by atoms with Crippen LogP contribution in [0.25, 0.3) is 10.9 Å². The minimum absolute atomic E-state index is 0.166. The maximum absolute atomic E-state index is 13.4. The summed E-state index contributed by atoms with van der Waals surface area (Å²) >= 11 is 0. The summed E-state index contributed by atoms with van der Waals surface area (Å²) in [6, 6.07) is 5.89. The number of nitrogens with one attached hydrogen (secondary N) is 1. The van der Waals surface area contributed by atoms with Crippen molar-refractivity contribution in [3.8, 4) is 0 Å². The molecule has 1 atom stereocenters. The lowest BCUT2D eigenvalue weighted by molar-refractivity contribution is -0.130. The zero-order valence-electron chi connectivity index (χ0n) is 11.0. The van der Waals surface area contributed by atoms with Crippen LogP contribution in [0.15, 0.2) is 30.5 Å². The largest absolute Gasteiger partial charge is 0.324 e. The van der Waals surface area contributed by atoms with Crippen LogP contribution in [0.2, 0.25) is 0 Å². The molecule has 106 valence electrons. The quantitative estimate of drug-likeness (QED) is 0.934. The summed E-state index contributed by atoms with van der Waals surface area (Å²) in [5.41, 5.74) is 0.420. The minimum atomic E-state index is -3.11. The monoisotopic (exact) mass is 282 g/mol. The zero-order chi connectivity index (χ0) is 14.9. The molecule has 0 spiro atoms. The van der Waals surface area contributed by atoms with E-state index in [1.807, 2.05) is 0 Å². The molecule has 6 heteroatoms. The molecule has 0 bridgehead atoms. The molecule has 0 aliphatic rings. The van der Waals surface area contributed by atoms with Crippen molar-refractivity contribution in [1.29, 1.82) is 0 Å². The van der Waals surface area contributed by atoms with Crippen molar-refractivity contribution in [2.24, 2.45) is 5.92 Å². The third-order valence-corrected chi connectivity index (χ3v) is 3.08. The Morgan fingerprint density at radius 2 is 2.10 bits per heavy atom. The van der Waals surface area contributed by atoms with Gasteiger partial charge in [0.05, 0.1) is 17.8 Å². The highest BCUT2D eigenvalue weighted by molar-refractivity contribution is 5.94. The first kappa shape index (κ1) is 14.3. The summed E-state index contributed by atoms with van der Waals surface area (Å²) in [7, 11) is 0. The molecule has 1 N–H and O–H groups in total. The standard InChI is InChI=1S/C14H13F3N2O/c1-8(14(2,16)17)13(20)19-10-6-9-4-3-5-11(15)12(9)18-7-10/h3-8H,1-2H3,(H,19,20). The summed E-state index contributed by atoms with van der Waals surface area (Å²) in [6.07, 6.45) is 1.24. The number of anilines is 1. The van der Waals surface area contributed by atoms with Crippen LogP contribution in [0.3, 0.4) is 0 Å². The molecule has 2 aromatic rings. The maximum Gasteiger partial charge on any atom is 0.256 e. The highest BCUT2D eigenvalue weighted by atomic mass is 19.3. The molecular formula is C14H13F3N2O. The van der Waals surface area contributed by atoms with Crippen molar-refractivity contribution in [3.63, 3.8) is 0 Å². The van der Waals surface area contributed by atoms with Gasteiger partial charge in [-0.25, -0.2) is 13.2 Å². The fraction of sp³-hybridized carbons (Fsp3) is 0.286. The summed E-state index contributed by atoms with van der Waals surface area (Å²) in [6.45, 7) is 1.83. The lowest BCUT2D eigenvalue weighted by Gasteiger charge is -2.18. The van der Waals surface area contributed by atoms with Crippen LogP contribution in [0.5, 0.6) is 0 Å². The molecule has 1 heterocycles. The molecular weight excluding hydrogens is 269 g/mol. The van der Waals surface area contributed by atoms with E-state index in [2.05, 4.69) is 10.3 Å². The summed E-state index contributed by atoms with van der Waals surface area (Å²) in [5, 5.41) is 2.84. The Bertz CT molecular complexity index is 652. The summed E-state index contributed by atoms with van der Waals surface area (Å²) < 4.78 is 39.5. The molecule has 0 aliphatic heterocycles. The Morgan fingerprint density at radius 1 is 1.40 bits per heavy atom. The molecule has 1 unspecified atom stereocenters. The van der Waals surface area contributed by atoms with E-state index in [9.17, 15) is 18.0 Å². The third kappa shape index (κ3) is 2.89. The number of carbonyl (C=O) groups is 1. The molecule has 0 fully saturated rings. The number of benzene rings is 1. The van der Waals surface area contributed by atoms with Gasteiger partial charge in [0, 0.05) is 12.3 Å². The lowest BCUT2D eigenvalue weighted by Crippen LogP contribution is -2.33. The van der Waals surface area contributed by atoms with Gasteiger partial charge in [-0.2, -0.15) is 0 Å². The fourth-order valence-corrected chi connectivity index (χ4v) is 1.67. The van der Waals surface area contributed by atoms with Crippen LogP contribution in [-0.2, 0) is 4.79 Å². The molecule has 0 saturated carbocycles. The van der Waals surface area contributed by atoms with E-state index in [0.29, 0.717) is 12.3 Å². The van der Waals surface area contributed by atoms with Gasteiger partial charge in [0.1, 0.15) is 11.3 Å². The van der Waals surface area contributed by atoms with Crippen LogP contribution in [-0.4, -0.2) is 16.8 Å². The zero-order valence-corrected chi connectivity index (χ0v) is 11.0. The Hall–Kier alpha value is -2.11. The molecule has 0 aliphatic carbocycles. The first-order valence-electron chi connectivity index (χ1n) is 6.02.